The van der Waals surface area contributed by atoms with Gasteiger partial charge in [0, 0.05) is 57.6 Å². The van der Waals surface area contributed by atoms with Crippen molar-refractivity contribution >= 4 is 17.6 Å². The van der Waals surface area contributed by atoms with Crippen molar-refractivity contribution in [1.29, 1.82) is 0 Å². The molecule has 3 aromatic heterocycles. The van der Waals surface area contributed by atoms with Gasteiger partial charge < -0.3 is 20.3 Å². The summed E-state index contributed by atoms with van der Waals surface area (Å²) in [5.74, 6) is -6.61. The number of alkyl halides is 5. The fourth-order valence-electron chi connectivity index (χ4n) is 6.76. The van der Waals surface area contributed by atoms with E-state index in [9.17, 15) is 31.5 Å². The van der Waals surface area contributed by atoms with Crippen LogP contribution in [-0.2, 0) is 22.5 Å². The number of aromatic nitrogens is 6. The van der Waals surface area contributed by atoms with Crippen LogP contribution in [0.4, 0.5) is 22.0 Å². The van der Waals surface area contributed by atoms with E-state index in [0.29, 0.717) is 49.0 Å². The topological polar surface area (TPSA) is 132 Å². The maximum absolute atomic E-state index is 14.2. The Hall–Kier alpha value is -3.73. The van der Waals surface area contributed by atoms with Crippen molar-refractivity contribution < 1.29 is 36.3 Å². The Morgan fingerprint density at radius 3 is 2.70 bits per heavy atom. The molecule has 0 radical (unpaired) electrons. The molecular weight excluding hydrogens is 629 g/mol. The van der Waals surface area contributed by atoms with Gasteiger partial charge in [-0.25, -0.2) is 23.3 Å². The number of carbonyl (C=O) groups excluding carboxylic acids is 2. The molecule has 256 valence electrons. The van der Waals surface area contributed by atoms with Crippen LogP contribution in [0.5, 0.6) is 0 Å². The Bertz CT molecular complexity index is 1600. The molecule has 2 amide bonds. The van der Waals surface area contributed by atoms with Gasteiger partial charge >= 0.3 is 6.18 Å². The summed E-state index contributed by atoms with van der Waals surface area (Å²) >= 11 is 0. The normalized spacial score (nSPS) is 25.1. The van der Waals surface area contributed by atoms with Gasteiger partial charge in [0.15, 0.2) is 0 Å². The number of hydrogen-bond donors (Lipinski definition) is 2. The molecule has 4 atom stereocenters. The van der Waals surface area contributed by atoms with Crippen LogP contribution in [0.3, 0.4) is 0 Å². The fraction of sp³-hybridized carbons (Fsp3) is 0.667. The quantitative estimate of drug-likeness (QED) is 0.349. The van der Waals surface area contributed by atoms with Crippen molar-refractivity contribution in [3.63, 3.8) is 0 Å². The molecule has 6 rings (SSSR count). The average molecular weight is 668 g/mol. The molecule has 47 heavy (non-hydrogen) atoms. The first-order chi connectivity index (χ1) is 22.3. The Morgan fingerprint density at radius 1 is 1.23 bits per heavy atom. The Morgan fingerprint density at radius 2 is 2.00 bits per heavy atom. The van der Waals surface area contributed by atoms with Crippen LogP contribution in [0.15, 0.2) is 18.5 Å². The number of rotatable bonds is 8. The number of morpholine rings is 1. The summed E-state index contributed by atoms with van der Waals surface area (Å²) < 4.78 is 78.0. The van der Waals surface area contributed by atoms with Crippen molar-refractivity contribution in [2.24, 2.45) is 17.8 Å². The number of imidazole rings is 1. The molecule has 3 fully saturated rings. The molecule has 0 bridgehead atoms. The zero-order valence-corrected chi connectivity index (χ0v) is 26.1. The second-order valence-electron chi connectivity index (χ2n) is 12.8. The molecule has 3 aliphatic rings. The predicted octanol–water partition coefficient (Wildman–Crippen LogP) is 3.50. The molecule has 0 aromatic carbocycles. The van der Waals surface area contributed by atoms with Gasteiger partial charge in [-0.1, -0.05) is 0 Å². The van der Waals surface area contributed by atoms with Crippen LogP contribution in [0.2, 0.25) is 0 Å². The average Bonchev–Trinajstić information content (AvgIpc) is 3.67. The standard InChI is InChI=1S/C30H38F5N9O3/c1-3-43-22(6-9-37-43)27(46)39-24(17-4-7-29(31,32)8-5-17)21-15-44-28(38-21)40-25(23-16-42(2)10-11-47-23)20(41-44)13-18-12-19(30(33,34)35)14-36-26(18)45/h6,9,15,17-19,23-24H,3-5,7-8,10-14,16H2,1-2H3,(H,36,45)(H,39,46)/t18-,19-,23-,24+/m1/s1. The third kappa shape index (κ3) is 7.24. The molecule has 1 aliphatic carbocycles. The number of aryl methyl sites for hydroxylation is 1. The number of ether oxygens (including phenoxy) is 1. The van der Waals surface area contributed by atoms with E-state index < -0.39 is 54.4 Å². The Labute approximate surface area is 267 Å². The Kier molecular flexibility index (Phi) is 9.21. The van der Waals surface area contributed by atoms with Crippen molar-refractivity contribution in [2.75, 3.05) is 33.3 Å². The van der Waals surface area contributed by atoms with Crippen LogP contribution < -0.4 is 10.6 Å². The van der Waals surface area contributed by atoms with Crippen LogP contribution >= 0.6 is 0 Å². The van der Waals surface area contributed by atoms with Crippen LogP contribution in [0.1, 0.15) is 78.7 Å². The highest BCUT2D eigenvalue weighted by Crippen LogP contribution is 2.41. The van der Waals surface area contributed by atoms with E-state index in [0.717, 1.165) is 0 Å². The van der Waals surface area contributed by atoms with Gasteiger partial charge in [-0.3, -0.25) is 14.3 Å². The minimum Gasteiger partial charge on any atom is -0.369 e. The van der Waals surface area contributed by atoms with E-state index >= 15 is 0 Å². The van der Waals surface area contributed by atoms with E-state index in [1.54, 1.807) is 12.3 Å². The third-order valence-corrected chi connectivity index (χ3v) is 9.46. The lowest BCUT2D eigenvalue weighted by Crippen LogP contribution is -2.47. The van der Waals surface area contributed by atoms with Gasteiger partial charge in [0.25, 0.3) is 11.7 Å². The van der Waals surface area contributed by atoms with Gasteiger partial charge in [-0.2, -0.15) is 23.4 Å². The molecular formula is C30H38F5N9O3. The van der Waals surface area contributed by atoms with Crippen LogP contribution in [-0.4, -0.2) is 91.5 Å². The summed E-state index contributed by atoms with van der Waals surface area (Å²) in [7, 11) is 1.91. The van der Waals surface area contributed by atoms with Gasteiger partial charge in [-0.15, -0.1) is 0 Å². The van der Waals surface area contributed by atoms with Crippen molar-refractivity contribution in [3.8, 4) is 0 Å². The van der Waals surface area contributed by atoms with Crippen LogP contribution in [0.25, 0.3) is 5.78 Å². The first-order valence-corrected chi connectivity index (χ1v) is 15.9. The number of fused-ring (bicyclic) bond motifs is 1. The summed E-state index contributed by atoms with van der Waals surface area (Å²) in [6, 6.07) is 0.810. The number of nitrogens with zero attached hydrogens (tertiary/aromatic N) is 7. The molecule has 17 heteroatoms. The van der Waals surface area contributed by atoms with Gasteiger partial charge in [-0.05, 0) is 45.2 Å². The largest absolute Gasteiger partial charge is 0.393 e. The second-order valence-corrected chi connectivity index (χ2v) is 12.8. The molecule has 5 heterocycles. The number of amides is 2. The van der Waals surface area contributed by atoms with E-state index in [-0.39, 0.29) is 50.2 Å². The van der Waals surface area contributed by atoms with Crippen molar-refractivity contribution in [1.82, 2.24) is 44.9 Å². The van der Waals surface area contributed by atoms with Gasteiger partial charge in [0.2, 0.25) is 11.8 Å². The van der Waals surface area contributed by atoms with Gasteiger partial charge in [0.05, 0.1) is 41.8 Å². The van der Waals surface area contributed by atoms with Crippen molar-refractivity contribution in [2.45, 2.75) is 76.2 Å². The fourth-order valence-corrected chi connectivity index (χ4v) is 6.76. The SMILES string of the molecule is CCn1nccc1C(=O)N[C@H](c1cn2nc(C[C@H]3C[C@@H](C(F)(F)F)CNC3=O)c([C@H]3CN(C)CCO3)nc2n1)C1CCC(F)(F)CC1. The zero-order valence-electron chi connectivity index (χ0n) is 26.1. The lowest BCUT2D eigenvalue weighted by Gasteiger charge is -2.33. The molecule has 0 unspecified atom stereocenters. The second kappa shape index (κ2) is 13.1. The minimum absolute atomic E-state index is 0.105. The van der Waals surface area contributed by atoms with Crippen LogP contribution in [0, 0.1) is 17.8 Å². The first-order valence-electron chi connectivity index (χ1n) is 15.9. The third-order valence-electron chi connectivity index (χ3n) is 9.46. The number of piperidine rings is 1. The van der Waals surface area contributed by atoms with Crippen molar-refractivity contribution in [3.05, 3.63) is 41.2 Å². The molecule has 2 saturated heterocycles. The molecule has 12 nitrogen and oxygen atoms in total. The summed E-state index contributed by atoms with van der Waals surface area (Å²) in [6.45, 7) is 3.32. The summed E-state index contributed by atoms with van der Waals surface area (Å²) in [5.41, 5.74) is 1.33. The zero-order chi connectivity index (χ0) is 33.5. The lowest BCUT2D eigenvalue weighted by molar-refractivity contribution is -0.183. The maximum Gasteiger partial charge on any atom is 0.393 e. The molecule has 2 aliphatic heterocycles. The molecule has 2 N–H and O–H groups in total. The highest BCUT2D eigenvalue weighted by molar-refractivity contribution is 5.92. The highest BCUT2D eigenvalue weighted by atomic mass is 19.4. The Balaban J connectivity index is 1.37. The number of likely N-dealkylation sites (N-methyl/N-ethyl adjacent to an activating group) is 1. The number of hydrogen-bond acceptors (Lipinski definition) is 8. The smallest absolute Gasteiger partial charge is 0.369 e. The predicted molar refractivity (Wildman–Crippen MR) is 156 cm³/mol. The number of carbonyl (C=O) groups is 2. The van der Waals surface area contributed by atoms with E-state index in [1.807, 2.05) is 18.9 Å². The number of nitrogens with one attached hydrogen (secondary N) is 2. The van der Waals surface area contributed by atoms with E-state index in [1.165, 1.54) is 15.4 Å². The molecule has 1 saturated carbocycles. The highest BCUT2D eigenvalue weighted by Gasteiger charge is 2.45. The first kappa shape index (κ1) is 33.2. The molecule has 3 aromatic rings. The van der Waals surface area contributed by atoms with Gasteiger partial charge in [0.1, 0.15) is 11.8 Å². The maximum atomic E-state index is 14.2. The summed E-state index contributed by atoms with van der Waals surface area (Å²) in [5, 5.41) is 14.2. The summed E-state index contributed by atoms with van der Waals surface area (Å²) in [4.78, 5) is 37.6. The molecule has 0 spiro atoms. The minimum atomic E-state index is -4.46. The van der Waals surface area contributed by atoms with E-state index in [4.69, 9.17) is 19.8 Å². The monoisotopic (exact) mass is 667 g/mol. The number of halogens is 5. The summed E-state index contributed by atoms with van der Waals surface area (Å²) in [6.07, 6.45) is -2.83. The lowest BCUT2D eigenvalue weighted by atomic mass is 9.81. The van der Waals surface area contributed by atoms with E-state index in [2.05, 4.69) is 15.7 Å².